The predicted octanol–water partition coefficient (Wildman–Crippen LogP) is 2.44. The van der Waals surface area contributed by atoms with Crippen molar-refractivity contribution in [3.63, 3.8) is 0 Å². The molecule has 0 saturated heterocycles. The fourth-order valence-corrected chi connectivity index (χ4v) is 2.28. The molecule has 0 aliphatic heterocycles. The summed E-state index contributed by atoms with van der Waals surface area (Å²) in [6, 6.07) is 15.2. The van der Waals surface area contributed by atoms with Gasteiger partial charge in [0.05, 0.1) is 5.52 Å². The maximum Gasteiger partial charge on any atom is 0.133 e. The van der Waals surface area contributed by atoms with Crippen LogP contribution in [0.25, 0.3) is 10.9 Å². The van der Waals surface area contributed by atoms with Crippen LogP contribution in [0.4, 0.5) is 0 Å². The molecular weight excluding hydrogens is 264 g/mol. The summed E-state index contributed by atoms with van der Waals surface area (Å²) < 4.78 is 7.62. The van der Waals surface area contributed by atoms with Crippen molar-refractivity contribution in [2.24, 2.45) is 12.8 Å². The van der Waals surface area contributed by atoms with E-state index in [1.165, 1.54) is 0 Å². The molecule has 0 saturated carbocycles. The topological polar surface area (TPSA) is 76.9 Å². The number of ether oxygens (including phenoxy) is 1. The molecule has 106 valence electrons. The highest BCUT2D eigenvalue weighted by Crippen LogP contribution is 2.20. The molecule has 21 heavy (non-hydrogen) atoms. The summed E-state index contributed by atoms with van der Waals surface area (Å²) in [6.45, 7) is 0.404. The minimum absolute atomic E-state index is 0.0530. The second-order valence-corrected chi connectivity index (χ2v) is 4.81. The SMILES string of the molecule is Cn1nc(COc2ccc(C(=N)N)cc2)c2ccccc21. The number of nitrogens with one attached hydrogen (secondary N) is 1. The Morgan fingerprint density at radius 3 is 2.62 bits per heavy atom. The fourth-order valence-electron chi connectivity index (χ4n) is 2.28. The second-order valence-electron chi connectivity index (χ2n) is 4.81. The van der Waals surface area contributed by atoms with E-state index in [1.807, 2.05) is 48.1 Å². The van der Waals surface area contributed by atoms with Crippen molar-refractivity contribution in [1.82, 2.24) is 9.78 Å². The van der Waals surface area contributed by atoms with Crippen LogP contribution in [0.5, 0.6) is 5.75 Å². The van der Waals surface area contributed by atoms with Crippen LogP contribution in [0.1, 0.15) is 11.3 Å². The van der Waals surface area contributed by atoms with Crippen LogP contribution in [-0.4, -0.2) is 15.6 Å². The Balaban J connectivity index is 1.79. The lowest BCUT2D eigenvalue weighted by Crippen LogP contribution is -2.10. The van der Waals surface area contributed by atoms with E-state index in [-0.39, 0.29) is 5.84 Å². The van der Waals surface area contributed by atoms with Crippen molar-refractivity contribution < 1.29 is 4.74 Å². The summed E-state index contributed by atoms with van der Waals surface area (Å²) >= 11 is 0. The Hall–Kier alpha value is -2.82. The number of hydrogen-bond donors (Lipinski definition) is 2. The molecule has 0 amide bonds. The highest BCUT2D eigenvalue weighted by Gasteiger charge is 2.08. The molecule has 1 heterocycles. The van der Waals surface area contributed by atoms with E-state index in [9.17, 15) is 0 Å². The Kier molecular flexibility index (Phi) is 3.31. The number of fused-ring (bicyclic) bond motifs is 1. The smallest absolute Gasteiger partial charge is 0.133 e. The van der Waals surface area contributed by atoms with Gasteiger partial charge in [-0.25, -0.2) is 0 Å². The van der Waals surface area contributed by atoms with Gasteiger partial charge in [-0.2, -0.15) is 5.10 Å². The lowest BCUT2D eigenvalue weighted by Gasteiger charge is -2.05. The van der Waals surface area contributed by atoms with Crippen LogP contribution in [0.15, 0.2) is 48.5 Å². The lowest BCUT2D eigenvalue weighted by molar-refractivity contribution is 0.301. The van der Waals surface area contributed by atoms with Crippen LogP contribution in [-0.2, 0) is 13.7 Å². The normalized spacial score (nSPS) is 10.7. The van der Waals surface area contributed by atoms with Gasteiger partial charge in [-0.15, -0.1) is 0 Å². The first-order valence-corrected chi connectivity index (χ1v) is 6.63. The molecule has 3 aromatic rings. The average molecular weight is 280 g/mol. The lowest BCUT2D eigenvalue weighted by atomic mass is 10.2. The molecule has 0 aliphatic carbocycles. The van der Waals surface area contributed by atoms with Gasteiger partial charge < -0.3 is 10.5 Å². The number of aryl methyl sites for hydroxylation is 1. The van der Waals surface area contributed by atoms with Gasteiger partial charge in [-0.1, -0.05) is 18.2 Å². The van der Waals surface area contributed by atoms with Crippen molar-refractivity contribution in [2.75, 3.05) is 0 Å². The first kappa shape index (κ1) is 13.2. The molecule has 0 atom stereocenters. The predicted molar refractivity (Wildman–Crippen MR) is 82.5 cm³/mol. The fraction of sp³-hybridized carbons (Fsp3) is 0.125. The van der Waals surface area contributed by atoms with Gasteiger partial charge in [0.25, 0.3) is 0 Å². The van der Waals surface area contributed by atoms with E-state index in [2.05, 4.69) is 5.10 Å². The van der Waals surface area contributed by atoms with E-state index in [1.54, 1.807) is 12.1 Å². The molecule has 5 heteroatoms. The van der Waals surface area contributed by atoms with Crippen LogP contribution in [0.2, 0.25) is 0 Å². The number of nitrogens with two attached hydrogens (primary N) is 1. The number of nitrogen functional groups attached to an aromatic ring is 1. The monoisotopic (exact) mass is 280 g/mol. The second kappa shape index (κ2) is 5.28. The average Bonchev–Trinajstić information content (AvgIpc) is 2.83. The van der Waals surface area contributed by atoms with Crippen LogP contribution >= 0.6 is 0 Å². The number of nitrogens with zero attached hydrogens (tertiary/aromatic N) is 2. The van der Waals surface area contributed by atoms with E-state index < -0.39 is 0 Å². The Bertz CT molecular complexity index is 790. The van der Waals surface area contributed by atoms with E-state index in [0.717, 1.165) is 22.3 Å². The Labute approximate surface area is 122 Å². The maximum atomic E-state index is 7.36. The van der Waals surface area contributed by atoms with Gasteiger partial charge in [-0.05, 0) is 30.3 Å². The highest BCUT2D eigenvalue weighted by atomic mass is 16.5. The summed E-state index contributed by atoms with van der Waals surface area (Å²) in [4.78, 5) is 0. The summed E-state index contributed by atoms with van der Waals surface area (Å²) in [7, 11) is 1.92. The summed E-state index contributed by atoms with van der Waals surface area (Å²) in [6.07, 6.45) is 0. The molecular formula is C16H16N4O. The van der Waals surface area contributed by atoms with Crippen molar-refractivity contribution in [1.29, 1.82) is 5.41 Å². The first-order chi connectivity index (χ1) is 10.1. The number of aromatic nitrogens is 2. The largest absolute Gasteiger partial charge is 0.487 e. The molecule has 5 nitrogen and oxygen atoms in total. The first-order valence-electron chi connectivity index (χ1n) is 6.63. The van der Waals surface area contributed by atoms with Gasteiger partial charge in [0.1, 0.15) is 23.9 Å². The molecule has 0 aliphatic rings. The molecule has 0 radical (unpaired) electrons. The Morgan fingerprint density at radius 2 is 1.90 bits per heavy atom. The molecule has 0 spiro atoms. The van der Waals surface area contributed by atoms with Crippen molar-refractivity contribution in [2.45, 2.75) is 6.61 Å². The zero-order chi connectivity index (χ0) is 14.8. The molecule has 3 N–H and O–H groups in total. The molecule has 0 unspecified atom stereocenters. The number of amidine groups is 1. The molecule has 1 aromatic heterocycles. The minimum Gasteiger partial charge on any atom is -0.487 e. The number of benzene rings is 2. The van der Waals surface area contributed by atoms with Crippen molar-refractivity contribution in [3.8, 4) is 5.75 Å². The standard InChI is InChI=1S/C16H16N4O/c1-20-15-5-3-2-4-13(15)14(19-20)10-21-12-8-6-11(7-9-12)16(17)18/h2-9H,10H2,1H3,(H3,17,18). The van der Waals surface area contributed by atoms with Crippen molar-refractivity contribution >= 4 is 16.7 Å². The van der Waals surface area contributed by atoms with Gasteiger partial charge >= 0.3 is 0 Å². The third kappa shape index (κ3) is 2.58. The van der Waals surface area contributed by atoms with Crippen LogP contribution in [0.3, 0.4) is 0 Å². The quantitative estimate of drug-likeness (QED) is 0.569. The van der Waals surface area contributed by atoms with Gasteiger partial charge in [-0.3, -0.25) is 10.1 Å². The zero-order valence-electron chi connectivity index (χ0n) is 11.7. The van der Waals surface area contributed by atoms with Crippen molar-refractivity contribution in [3.05, 3.63) is 59.8 Å². The number of para-hydroxylation sites is 1. The van der Waals surface area contributed by atoms with E-state index >= 15 is 0 Å². The van der Waals surface area contributed by atoms with Gasteiger partial charge in [0, 0.05) is 18.0 Å². The number of hydrogen-bond acceptors (Lipinski definition) is 3. The summed E-state index contributed by atoms with van der Waals surface area (Å²) in [5, 5.41) is 12.9. The van der Waals surface area contributed by atoms with E-state index in [4.69, 9.17) is 15.9 Å². The molecule has 0 bridgehead atoms. The van der Waals surface area contributed by atoms with E-state index in [0.29, 0.717) is 12.2 Å². The zero-order valence-corrected chi connectivity index (χ0v) is 11.7. The van der Waals surface area contributed by atoms with Crippen LogP contribution < -0.4 is 10.5 Å². The minimum atomic E-state index is 0.0530. The summed E-state index contributed by atoms with van der Waals surface area (Å²) in [5.74, 6) is 0.784. The number of rotatable bonds is 4. The third-order valence-electron chi connectivity index (χ3n) is 3.38. The van der Waals surface area contributed by atoms with Crippen LogP contribution in [0, 0.1) is 5.41 Å². The van der Waals surface area contributed by atoms with Gasteiger partial charge in [0.15, 0.2) is 0 Å². The third-order valence-corrected chi connectivity index (χ3v) is 3.38. The summed E-state index contributed by atoms with van der Waals surface area (Å²) in [5.41, 5.74) is 8.10. The molecule has 0 fully saturated rings. The Morgan fingerprint density at radius 1 is 1.19 bits per heavy atom. The highest BCUT2D eigenvalue weighted by molar-refractivity contribution is 5.94. The molecule has 2 aromatic carbocycles. The molecule has 3 rings (SSSR count). The van der Waals surface area contributed by atoms with Gasteiger partial charge in [0.2, 0.25) is 0 Å². The maximum absolute atomic E-state index is 7.36.